The summed E-state index contributed by atoms with van der Waals surface area (Å²) in [5, 5.41) is 9.06. The van der Waals surface area contributed by atoms with Crippen LogP contribution < -0.4 is 0 Å². The largest absolute Gasteiger partial charge is 0.481 e. The van der Waals surface area contributed by atoms with E-state index >= 15 is 0 Å². The monoisotopic (exact) mass is 274 g/mol. The Morgan fingerprint density at radius 3 is 2.50 bits per heavy atom. The second kappa shape index (κ2) is 5.95. The van der Waals surface area contributed by atoms with Crippen molar-refractivity contribution in [2.75, 3.05) is 11.5 Å². The minimum Gasteiger partial charge on any atom is -0.481 e. The average molecular weight is 274 g/mol. The number of hydrogen-bond donors (Lipinski definition) is 1. The van der Waals surface area contributed by atoms with E-state index in [1.54, 1.807) is 0 Å². The van der Waals surface area contributed by atoms with Gasteiger partial charge in [-0.15, -0.1) is 0 Å². The number of benzene rings is 1. The predicted octanol–water partition coefficient (Wildman–Crippen LogP) is 1.82. The third kappa shape index (κ3) is 3.80. The van der Waals surface area contributed by atoms with Gasteiger partial charge in [-0.05, 0) is 12.5 Å². The molecule has 4 nitrogen and oxygen atoms in total. The molecule has 18 heavy (non-hydrogen) atoms. The number of halogens is 1. The molecule has 0 saturated carbocycles. The van der Waals surface area contributed by atoms with Gasteiger partial charge < -0.3 is 5.11 Å². The molecule has 0 heterocycles. The summed E-state index contributed by atoms with van der Waals surface area (Å²) in [5.41, 5.74) is 0.0244. The van der Waals surface area contributed by atoms with Crippen LogP contribution in [0.1, 0.15) is 24.8 Å². The molecule has 1 rings (SSSR count). The Bertz CT molecular complexity index is 525. The molecule has 0 spiro atoms. The zero-order valence-electron chi connectivity index (χ0n) is 9.97. The molecule has 0 aliphatic rings. The highest BCUT2D eigenvalue weighted by molar-refractivity contribution is 7.91. The summed E-state index contributed by atoms with van der Waals surface area (Å²) in [7, 11) is -3.25. The minimum absolute atomic E-state index is 0.0244. The molecule has 1 N–H and O–H groups in total. The molecule has 1 aromatic rings. The number of carboxylic acid groups (broad SMARTS) is 1. The molecule has 1 atom stereocenters. The second-order valence-corrected chi connectivity index (χ2v) is 6.41. The standard InChI is InChI=1S/C12H15FO4S/c1-2-18(16,17)8-7-10(12(14)15)9-5-3-4-6-11(9)13/h3-6,10H,2,7-8H2,1H3,(H,14,15). The minimum atomic E-state index is -3.25. The maximum Gasteiger partial charge on any atom is 0.311 e. The summed E-state index contributed by atoms with van der Waals surface area (Å²) in [5.74, 6) is -3.27. The summed E-state index contributed by atoms with van der Waals surface area (Å²) < 4.78 is 36.2. The molecule has 0 bridgehead atoms. The Labute approximate surface area is 105 Å². The molecule has 0 amide bonds. The topological polar surface area (TPSA) is 71.4 Å². The first-order valence-electron chi connectivity index (χ1n) is 5.55. The van der Waals surface area contributed by atoms with Gasteiger partial charge in [0, 0.05) is 11.3 Å². The van der Waals surface area contributed by atoms with E-state index in [1.807, 2.05) is 0 Å². The Hall–Kier alpha value is -1.43. The van der Waals surface area contributed by atoms with Gasteiger partial charge in [0.2, 0.25) is 0 Å². The van der Waals surface area contributed by atoms with E-state index in [0.717, 1.165) is 0 Å². The fourth-order valence-corrected chi connectivity index (χ4v) is 2.49. The van der Waals surface area contributed by atoms with E-state index in [2.05, 4.69) is 0 Å². The number of carboxylic acids is 1. The van der Waals surface area contributed by atoms with Gasteiger partial charge >= 0.3 is 5.97 Å². The van der Waals surface area contributed by atoms with E-state index in [4.69, 9.17) is 5.11 Å². The first-order valence-corrected chi connectivity index (χ1v) is 7.37. The summed E-state index contributed by atoms with van der Waals surface area (Å²) in [6.07, 6.45) is -0.119. The van der Waals surface area contributed by atoms with Crippen molar-refractivity contribution < 1.29 is 22.7 Å². The highest BCUT2D eigenvalue weighted by Gasteiger charge is 2.24. The van der Waals surface area contributed by atoms with Gasteiger partial charge in [0.05, 0.1) is 11.7 Å². The van der Waals surface area contributed by atoms with Gasteiger partial charge in [0.25, 0.3) is 0 Å². The predicted molar refractivity (Wildman–Crippen MR) is 65.7 cm³/mol. The lowest BCUT2D eigenvalue weighted by atomic mass is 9.96. The van der Waals surface area contributed by atoms with Crippen LogP contribution in [0.15, 0.2) is 24.3 Å². The van der Waals surface area contributed by atoms with Gasteiger partial charge in [0.15, 0.2) is 0 Å². The van der Waals surface area contributed by atoms with Gasteiger partial charge in [-0.25, -0.2) is 12.8 Å². The van der Waals surface area contributed by atoms with Crippen LogP contribution in [0.25, 0.3) is 0 Å². The summed E-state index contributed by atoms with van der Waals surface area (Å²) >= 11 is 0. The van der Waals surface area contributed by atoms with Crippen molar-refractivity contribution in [1.82, 2.24) is 0 Å². The van der Waals surface area contributed by atoms with Crippen molar-refractivity contribution in [2.45, 2.75) is 19.3 Å². The lowest BCUT2D eigenvalue weighted by Gasteiger charge is -2.13. The number of carbonyl (C=O) groups is 1. The van der Waals surface area contributed by atoms with Crippen LogP contribution in [0.3, 0.4) is 0 Å². The quantitative estimate of drug-likeness (QED) is 0.859. The molecular formula is C12H15FO4S. The smallest absolute Gasteiger partial charge is 0.311 e. The van der Waals surface area contributed by atoms with Crippen LogP contribution in [0, 0.1) is 5.82 Å². The third-order valence-corrected chi connectivity index (χ3v) is 4.47. The molecular weight excluding hydrogens is 259 g/mol. The van der Waals surface area contributed by atoms with E-state index in [9.17, 15) is 17.6 Å². The van der Waals surface area contributed by atoms with E-state index in [1.165, 1.54) is 31.2 Å². The number of sulfone groups is 1. The molecule has 1 unspecified atom stereocenters. The van der Waals surface area contributed by atoms with Crippen LogP contribution in [0.5, 0.6) is 0 Å². The first kappa shape index (κ1) is 14.6. The molecule has 0 aliphatic heterocycles. The Kier molecular flexibility index (Phi) is 4.84. The molecule has 0 aromatic heterocycles. The first-order chi connectivity index (χ1) is 8.37. The molecule has 0 aliphatic carbocycles. The molecule has 6 heteroatoms. The van der Waals surface area contributed by atoms with E-state index < -0.39 is 27.5 Å². The van der Waals surface area contributed by atoms with Crippen LogP contribution in [0.4, 0.5) is 4.39 Å². The van der Waals surface area contributed by atoms with Crippen molar-refractivity contribution >= 4 is 15.8 Å². The van der Waals surface area contributed by atoms with Gasteiger partial charge in [-0.3, -0.25) is 4.79 Å². The Balaban J connectivity index is 2.92. The summed E-state index contributed by atoms with van der Waals surface area (Å²) in [6.45, 7) is 1.49. The Morgan fingerprint density at radius 1 is 1.39 bits per heavy atom. The van der Waals surface area contributed by atoms with Crippen LogP contribution in [0.2, 0.25) is 0 Å². The second-order valence-electron chi connectivity index (χ2n) is 3.94. The lowest BCUT2D eigenvalue weighted by Crippen LogP contribution is -2.18. The Morgan fingerprint density at radius 2 is 2.00 bits per heavy atom. The van der Waals surface area contributed by atoms with Crippen LogP contribution in [-0.4, -0.2) is 31.0 Å². The lowest BCUT2D eigenvalue weighted by molar-refractivity contribution is -0.138. The summed E-state index contributed by atoms with van der Waals surface area (Å²) in [6, 6.07) is 5.52. The third-order valence-electron chi connectivity index (χ3n) is 2.74. The van der Waals surface area contributed by atoms with E-state index in [0.29, 0.717) is 0 Å². The van der Waals surface area contributed by atoms with Crippen molar-refractivity contribution in [3.8, 4) is 0 Å². The zero-order valence-corrected chi connectivity index (χ0v) is 10.8. The van der Waals surface area contributed by atoms with Crippen LogP contribution in [-0.2, 0) is 14.6 Å². The molecule has 1 aromatic carbocycles. The molecule has 0 fully saturated rings. The fraction of sp³-hybridized carbons (Fsp3) is 0.417. The van der Waals surface area contributed by atoms with Gasteiger partial charge in [-0.1, -0.05) is 25.1 Å². The highest BCUT2D eigenvalue weighted by Crippen LogP contribution is 2.23. The maximum absolute atomic E-state index is 13.5. The number of hydrogen-bond acceptors (Lipinski definition) is 3. The van der Waals surface area contributed by atoms with Crippen LogP contribution >= 0.6 is 0 Å². The highest BCUT2D eigenvalue weighted by atomic mass is 32.2. The average Bonchev–Trinajstić information content (AvgIpc) is 2.31. The van der Waals surface area contributed by atoms with Crippen molar-refractivity contribution in [3.05, 3.63) is 35.6 Å². The zero-order chi connectivity index (χ0) is 13.8. The molecule has 0 saturated heterocycles. The normalized spacial score (nSPS) is 13.2. The number of rotatable bonds is 6. The van der Waals surface area contributed by atoms with Crippen molar-refractivity contribution in [3.63, 3.8) is 0 Å². The van der Waals surface area contributed by atoms with Crippen molar-refractivity contribution in [2.24, 2.45) is 0 Å². The number of aliphatic carboxylic acids is 1. The molecule has 100 valence electrons. The fourth-order valence-electron chi connectivity index (χ4n) is 1.61. The van der Waals surface area contributed by atoms with Gasteiger partial charge in [0.1, 0.15) is 15.7 Å². The molecule has 0 radical (unpaired) electrons. The van der Waals surface area contributed by atoms with Gasteiger partial charge in [-0.2, -0.15) is 0 Å². The van der Waals surface area contributed by atoms with E-state index in [-0.39, 0.29) is 23.5 Å². The SMILES string of the molecule is CCS(=O)(=O)CCC(C(=O)O)c1ccccc1F. The maximum atomic E-state index is 13.5. The summed E-state index contributed by atoms with van der Waals surface area (Å²) in [4.78, 5) is 11.1. The van der Waals surface area contributed by atoms with Crippen molar-refractivity contribution in [1.29, 1.82) is 0 Å².